The predicted molar refractivity (Wildman–Crippen MR) is 193 cm³/mol. The largest absolute Gasteiger partial charge is 0.510 e. The maximum Gasteiger partial charge on any atom is 0.339 e. The van der Waals surface area contributed by atoms with Gasteiger partial charge in [0.2, 0.25) is 5.78 Å². The smallest absolute Gasteiger partial charge is 0.339 e. The fourth-order valence-electron chi connectivity index (χ4n) is 7.94. The van der Waals surface area contributed by atoms with Gasteiger partial charge in [0, 0.05) is 29.2 Å². The number of sulfone groups is 1. The third-order valence-electron chi connectivity index (χ3n) is 10.6. The number of fused-ring (bicyclic) bond motifs is 3. The van der Waals surface area contributed by atoms with Crippen LogP contribution in [-0.4, -0.2) is 101 Å². The van der Waals surface area contributed by atoms with Crippen LogP contribution < -0.4 is 5.73 Å². The number of carbonyl (C=O) groups excluding carboxylic acids is 4. The number of phenols is 1. The zero-order valence-electron chi connectivity index (χ0n) is 29.6. The number of likely N-dealkylation sites (N-methyl/N-ethyl adjacent to an activating group) is 1. The molecule has 54 heavy (non-hydrogen) atoms. The minimum atomic E-state index is -3.23. The summed E-state index contributed by atoms with van der Waals surface area (Å²) in [7, 11) is -0.171. The highest BCUT2D eigenvalue weighted by atomic mass is 32.2. The summed E-state index contributed by atoms with van der Waals surface area (Å²) >= 11 is 0. The summed E-state index contributed by atoms with van der Waals surface area (Å²) in [5.41, 5.74) is 2.24. The Morgan fingerprint density at radius 2 is 1.54 bits per heavy atom. The molecule has 0 fully saturated rings. The van der Waals surface area contributed by atoms with E-state index in [0.29, 0.717) is 5.57 Å². The Balaban J connectivity index is 0.000000197. The number of nitrogens with zero attached hydrogens (tertiary/aromatic N) is 1. The van der Waals surface area contributed by atoms with E-state index in [1.165, 1.54) is 50.4 Å². The first kappa shape index (κ1) is 38.1. The number of Topliss-reactive ketones (excluding diaryl/α,β-unsaturated/α-hetero) is 2. The van der Waals surface area contributed by atoms with Gasteiger partial charge in [0.25, 0.3) is 5.91 Å². The number of aliphatic hydroxyl groups excluding tert-OH is 2. The number of carbonyl (C=O) groups is 4. The summed E-state index contributed by atoms with van der Waals surface area (Å²) in [6.45, 7) is 1.60. The van der Waals surface area contributed by atoms with Crippen molar-refractivity contribution in [1.82, 2.24) is 4.90 Å². The van der Waals surface area contributed by atoms with Gasteiger partial charge in [-0.2, -0.15) is 0 Å². The predicted octanol–water partition coefficient (Wildman–Crippen LogP) is 2.34. The van der Waals surface area contributed by atoms with Crippen LogP contribution in [0, 0.1) is 11.8 Å². The third kappa shape index (κ3) is 5.89. The van der Waals surface area contributed by atoms with Gasteiger partial charge >= 0.3 is 5.97 Å². The van der Waals surface area contributed by atoms with E-state index in [0.717, 1.165) is 16.7 Å². The van der Waals surface area contributed by atoms with Crippen LogP contribution in [0.2, 0.25) is 0 Å². The van der Waals surface area contributed by atoms with Gasteiger partial charge in [-0.1, -0.05) is 54.6 Å². The quantitative estimate of drug-likeness (QED) is 0.162. The molecule has 1 amide bonds. The van der Waals surface area contributed by atoms with Crippen LogP contribution in [0.15, 0.2) is 100 Å². The van der Waals surface area contributed by atoms with E-state index in [2.05, 4.69) is 0 Å². The number of rotatable bonds is 5. The molecule has 7 rings (SSSR count). The monoisotopic (exact) mass is 758 g/mol. The number of phenolic OH excluding ortho intramolecular Hbond substituents is 1. The molecule has 0 saturated heterocycles. The Kier molecular flexibility index (Phi) is 9.43. The summed E-state index contributed by atoms with van der Waals surface area (Å²) in [6.07, 6.45) is 0.966. The Labute approximate surface area is 310 Å². The fraction of sp³-hybridized carbons (Fsp3) is 0.282. The molecule has 4 aliphatic rings. The first-order chi connectivity index (χ1) is 25.2. The summed E-state index contributed by atoms with van der Waals surface area (Å²) in [5.74, 6) is -8.24. The number of hydrogen-bond acceptors (Lipinski definition) is 13. The number of ether oxygens (including phenoxy) is 1. The molecule has 0 radical (unpaired) electrons. The van der Waals surface area contributed by atoms with Crippen molar-refractivity contribution in [1.29, 1.82) is 0 Å². The molecule has 15 heteroatoms. The maximum absolute atomic E-state index is 13.3. The number of hydrogen-bond donors (Lipinski definition) is 6. The highest BCUT2D eigenvalue weighted by molar-refractivity contribution is 7.90. The highest BCUT2D eigenvalue weighted by Crippen LogP contribution is 2.56. The molecule has 14 nitrogen and oxygen atoms in total. The van der Waals surface area contributed by atoms with E-state index in [4.69, 9.17) is 10.5 Å². The van der Waals surface area contributed by atoms with Crippen LogP contribution in [0.5, 0.6) is 5.75 Å². The standard InChI is InChI=1S/C22H24N2O8.C17H14O4S/c1-21(31)8-5-4-6-11(25)12(8)16(26)13-9(21)7-10-15(24(2)3)17(27)14(20(23)30)19(29)22(10,32)18(13)28;1-22(19,20)14-9-7-12(8-10-14)15-11-21-17(18)16(15)13-5-3-2-4-6-13/h4-6,9-10,15,25,27-28,31-32H,7H2,1-3H3,(H2,23,30);2-10H,11H2,1H3/t9-,10-,15-,21+,22-;/m0./s1. The number of benzene rings is 3. The van der Waals surface area contributed by atoms with Crippen molar-refractivity contribution in [3.8, 4) is 5.75 Å². The van der Waals surface area contributed by atoms with E-state index >= 15 is 0 Å². The summed E-state index contributed by atoms with van der Waals surface area (Å²) in [6, 6.07) is 18.9. The molecule has 0 bridgehead atoms. The van der Waals surface area contributed by atoms with Crippen LogP contribution in [0.1, 0.15) is 40.4 Å². The molecule has 0 saturated carbocycles. The number of amides is 1. The van der Waals surface area contributed by atoms with Crippen LogP contribution in [0.25, 0.3) is 11.1 Å². The van der Waals surface area contributed by atoms with E-state index in [-0.39, 0.29) is 35.0 Å². The van der Waals surface area contributed by atoms with Gasteiger partial charge in [-0.05, 0) is 62.3 Å². The van der Waals surface area contributed by atoms with Crippen molar-refractivity contribution in [2.24, 2.45) is 17.6 Å². The average molecular weight is 759 g/mol. The number of cyclic esters (lactones) is 1. The van der Waals surface area contributed by atoms with Crippen molar-refractivity contribution in [3.05, 3.63) is 118 Å². The number of esters is 1. The van der Waals surface area contributed by atoms with Gasteiger partial charge in [0.15, 0.2) is 21.2 Å². The van der Waals surface area contributed by atoms with Gasteiger partial charge < -0.3 is 36.0 Å². The first-order valence-electron chi connectivity index (χ1n) is 16.7. The van der Waals surface area contributed by atoms with Gasteiger partial charge in [-0.3, -0.25) is 19.3 Å². The normalized spacial score (nSPS) is 26.5. The Bertz CT molecular complexity index is 2330. The summed E-state index contributed by atoms with van der Waals surface area (Å²) in [4.78, 5) is 52.1. The van der Waals surface area contributed by atoms with E-state index in [9.17, 15) is 53.1 Å². The second-order valence-corrected chi connectivity index (χ2v) is 16.1. The minimum absolute atomic E-state index is 0.135. The molecular weight excluding hydrogens is 720 g/mol. The van der Waals surface area contributed by atoms with Crippen LogP contribution in [0.3, 0.4) is 0 Å². The van der Waals surface area contributed by atoms with Gasteiger partial charge in [-0.25, -0.2) is 13.2 Å². The number of aromatic hydroxyl groups is 1. The van der Waals surface area contributed by atoms with Gasteiger partial charge in [0.05, 0.1) is 27.7 Å². The molecule has 0 spiro atoms. The lowest BCUT2D eigenvalue weighted by Gasteiger charge is -2.52. The highest BCUT2D eigenvalue weighted by Gasteiger charge is 2.65. The molecule has 0 aromatic heterocycles. The zero-order valence-corrected chi connectivity index (χ0v) is 30.4. The number of nitrogens with two attached hydrogens (primary N) is 1. The number of primary amides is 1. The molecule has 7 N–H and O–H groups in total. The van der Waals surface area contributed by atoms with Gasteiger partial charge in [0.1, 0.15) is 29.4 Å². The molecule has 5 atom stereocenters. The molecule has 282 valence electrons. The van der Waals surface area contributed by atoms with Crippen LogP contribution >= 0.6 is 0 Å². The lowest BCUT2D eigenvalue weighted by Crippen LogP contribution is -2.65. The van der Waals surface area contributed by atoms with Crippen molar-refractivity contribution < 1.29 is 57.9 Å². The zero-order chi connectivity index (χ0) is 39.7. The van der Waals surface area contributed by atoms with Crippen molar-refractivity contribution in [2.75, 3.05) is 27.0 Å². The van der Waals surface area contributed by atoms with Crippen LogP contribution in [-0.2, 0) is 34.6 Å². The fourth-order valence-corrected chi connectivity index (χ4v) is 8.57. The molecule has 1 heterocycles. The van der Waals surface area contributed by atoms with Crippen molar-refractivity contribution in [3.63, 3.8) is 0 Å². The Morgan fingerprint density at radius 1 is 0.907 bits per heavy atom. The molecule has 3 aliphatic carbocycles. The van der Waals surface area contributed by atoms with E-state index < -0.39 is 84.8 Å². The Hall–Kier alpha value is -5.61. The topological polar surface area (TPSA) is 242 Å². The first-order valence-corrected chi connectivity index (χ1v) is 18.6. The molecule has 3 aromatic rings. The van der Waals surface area contributed by atoms with E-state index in [1.54, 1.807) is 24.3 Å². The Morgan fingerprint density at radius 3 is 2.11 bits per heavy atom. The number of ketones is 2. The summed E-state index contributed by atoms with van der Waals surface area (Å²) < 4.78 is 28.2. The third-order valence-corrected chi connectivity index (χ3v) is 11.7. The van der Waals surface area contributed by atoms with Crippen molar-refractivity contribution >= 4 is 44.4 Å². The number of aliphatic hydroxyl groups is 4. The minimum Gasteiger partial charge on any atom is -0.510 e. The average Bonchev–Trinajstić information content (AvgIpc) is 3.50. The maximum atomic E-state index is 13.3. The molecule has 1 aliphatic heterocycles. The molecule has 3 aromatic carbocycles. The molecular formula is C39H38N2O12S. The lowest BCUT2D eigenvalue weighted by atomic mass is 9.55. The van der Waals surface area contributed by atoms with E-state index in [1.807, 2.05) is 30.3 Å². The SMILES string of the molecule is CN(C)[C@@H]1C(O)=C(C(N)=O)C(=O)[C@@]2(O)C(O)=C3C(=O)c4c(O)cccc4[C@@](C)(O)[C@H]3C[C@@H]12.CS(=O)(=O)c1ccc(C2=C(c3ccccc3)C(=O)OC2)cc1. The van der Waals surface area contributed by atoms with Crippen molar-refractivity contribution in [2.45, 2.75) is 35.5 Å². The van der Waals surface area contributed by atoms with Crippen LogP contribution in [0.4, 0.5) is 0 Å². The second kappa shape index (κ2) is 13.4. The molecule has 0 unspecified atom stereocenters. The summed E-state index contributed by atoms with van der Waals surface area (Å²) in [5, 5.41) is 55.0. The van der Waals surface area contributed by atoms with Gasteiger partial charge in [-0.15, -0.1) is 0 Å². The second-order valence-electron chi connectivity index (χ2n) is 14.1. The lowest BCUT2D eigenvalue weighted by molar-refractivity contribution is -0.152.